The van der Waals surface area contributed by atoms with Gasteiger partial charge in [0, 0.05) is 51.9 Å². The number of amides is 1. The average Bonchev–Trinajstić information content (AvgIpc) is 2.40. The Morgan fingerprint density at radius 2 is 1.82 bits per heavy atom. The Hall–Kier alpha value is -0.680. The summed E-state index contributed by atoms with van der Waals surface area (Å²) < 4.78 is 17.5. The zero-order valence-electron chi connectivity index (χ0n) is 10.2. The molecule has 2 saturated heterocycles. The lowest BCUT2D eigenvalue weighted by molar-refractivity contribution is -0.140. The summed E-state index contributed by atoms with van der Waals surface area (Å²) in [5, 5.41) is 0. The highest BCUT2D eigenvalue weighted by molar-refractivity contribution is 5.79. The monoisotopic (exact) mass is 244 g/mol. The number of hydrogen-bond acceptors (Lipinski definition) is 3. The molecule has 2 aliphatic rings. The first-order valence-corrected chi connectivity index (χ1v) is 6.46. The Kier molecular flexibility index (Phi) is 4.74. The molecule has 2 rings (SSSR count). The largest absolute Gasteiger partial charge is 0.381 e. The van der Waals surface area contributed by atoms with Crippen molar-refractivity contribution in [3.63, 3.8) is 0 Å². The molecule has 0 aromatic rings. The van der Waals surface area contributed by atoms with E-state index < -0.39 is 0 Å². The van der Waals surface area contributed by atoms with Crippen LogP contribution in [0.4, 0.5) is 4.39 Å². The van der Waals surface area contributed by atoms with Gasteiger partial charge in [0.25, 0.3) is 0 Å². The van der Waals surface area contributed by atoms with Crippen molar-refractivity contribution in [2.24, 2.45) is 5.92 Å². The number of alkyl halides is 1. The van der Waals surface area contributed by atoms with Crippen molar-refractivity contribution >= 4 is 5.91 Å². The van der Waals surface area contributed by atoms with E-state index in [1.165, 1.54) is 0 Å². The van der Waals surface area contributed by atoms with E-state index in [0.717, 1.165) is 39.0 Å². The second kappa shape index (κ2) is 6.31. The topological polar surface area (TPSA) is 32.8 Å². The first-order valence-electron chi connectivity index (χ1n) is 6.46. The van der Waals surface area contributed by atoms with Gasteiger partial charge in [-0.2, -0.15) is 0 Å². The van der Waals surface area contributed by atoms with Crippen LogP contribution in [-0.2, 0) is 9.53 Å². The molecule has 0 atom stereocenters. The van der Waals surface area contributed by atoms with Crippen molar-refractivity contribution in [2.75, 3.05) is 52.6 Å². The first kappa shape index (κ1) is 12.8. The number of piperazine rings is 1. The van der Waals surface area contributed by atoms with E-state index in [0.29, 0.717) is 19.8 Å². The van der Waals surface area contributed by atoms with Crippen LogP contribution >= 0.6 is 0 Å². The molecule has 0 bridgehead atoms. The zero-order chi connectivity index (χ0) is 12.1. The highest BCUT2D eigenvalue weighted by Gasteiger charge is 2.28. The van der Waals surface area contributed by atoms with E-state index in [4.69, 9.17) is 4.74 Å². The van der Waals surface area contributed by atoms with Crippen molar-refractivity contribution in [3.8, 4) is 0 Å². The molecular formula is C12H21FN2O2. The molecule has 0 saturated carbocycles. The molecule has 0 N–H and O–H groups in total. The van der Waals surface area contributed by atoms with Gasteiger partial charge in [-0.15, -0.1) is 0 Å². The molecule has 0 aliphatic carbocycles. The average molecular weight is 244 g/mol. The van der Waals surface area contributed by atoms with Gasteiger partial charge < -0.3 is 9.64 Å². The Balaban J connectivity index is 1.77. The van der Waals surface area contributed by atoms with Gasteiger partial charge in [0.2, 0.25) is 5.91 Å². The van der Waals surface area contributed by atoms with Crippen molar-refractivity contribution in [1.29, 1.82) is 0 Å². The summed E-state index contributed by atoms with van der Waals surface area (Å²) >= 11 is 0. The summed E-state index contributed by atoms with van der Waals surface area (Å²) in [6.45, 7) is 4.72. The summed E-state index contributed by atoms with van der Waals surface area (Å²) in [5.74, 6) is 0.421. The summed E-state index contributed by atoms with van der Waals surface area (Å²) in [5.41, 5.74) is 0. The second-order valence-corrected chi connectivity index (χ2v) is 4.74. The van der Waals surface area contributed by atoms with Crippen molar-refractivity contribution in [1.82, 2.24) is 9.80 Å². The molecule has 5 heteroatoms. The van der Waals surface area contributed by atoms with Crippen LogP contribution in [0.25, 0.3) is 0 Å². The van der Waals surface area contributed by atoms with Gasteiger partial charge in [0.1, 0.15) is 6.67 Å². The van der Waals surface area contributed by atoms with Crippen LogP contribution < -0.4 is 0 Å². The van der Waals surface area contributed by atoms with Gasteiger partial charge in [-0.25, -0.2) is 4.39 Å². The molecule has 4 nitrogen and oxygen atoms in total. The van der Waals surface area contributed by atoms with E-state index in [1.54, 1.807) is 0 Å². The van der Waals surface area contributed by atoms with E-state index in [9.17, 15) is 9.18 Å². The minimum Gasteiger partial charge on any atom is -0.381 e. The molecule has 98 valence electrons. The molecule has 0 radical (unpaired) electrons. The lowest BCUT2D eigenvalue weighted by Crippen LogP contribution is -2.51. The van der Waals surface area contributed by atoms with Gasteiger partial charge in [-0.05, 0) is 12.8 Å². The molecule has 0 spiro atoms. The number of rotatable bonds is 3. The van der Waals surface area contributed by atoms with Crippen LogP contribution in [0.15, 0.2) is 0 Å². The van der Waals surface area contributed by atoms with E-state index >= 15 is 0 Å². The number of nitrogens with zero attached hydrogens (tertiary/aromatic N) is 2. The number of carbonyl (C=O) groups excluding carboxylic acids is 1. The molecule has 2 aliphatic heterocycles. The fourth-order valence-electron chi connectivity index (χ4n) is 2.51. The lowest BCUT2D eigenvalue weighted by Gasteiger charge is -2.36. The van der Waals surface area contributed by atoms with E-state index in [1.807, 2.05) is 4.90 Å². The maximum Gasteiger partial charge on any atom is 0.225 e. The molecule has 0 aromatic heterocycles. The predicted molar refractivity (Wildman–Crippen MR) is 62.5 cm³/mol. The quantitative estimate of drug-likeness (QED) is 0.726. The van der Waals surface area contributed by atoms with Gasteiger partial charge >= 0.3 is 0 Å². The summed E-state index contributed by atoms with van der Waals surface area (Å²) in [7, 11) is 0. The summed E-state index contributed by atoms with van der Waals surface area (Å²) in [6.07, 6.45) is 1.70. The standard InChI is InChI=1S/C12H21FN2O2/c13-3-4-14-5-7-15(8-6-14)12(16)11-1-9-17-10-2-11/h11H,1-10H2. The van der Waals surface area contributed by atoms with Gasteiger partial charge in [0.05, 0.1) is 0 Å². The van der Waals surface area contributed by atoms with Gasteiger partial charge in [-0.3, -0.25) is 9.69 Å². The van der Waals surface area contributed by atoms with Gasteiger partial charge in [0.15, 0.2) is 0 Å². The molecule has 0 aromatic carbocycles. The maximum absolute atomic E-state index is 12.2. The number of hydrogen-bond donors (Lipinski definition) is 0. The fraction of sp³-hybridized carbons (Fsp3) is 0.917. The third-order valence-corrected chi connectivity index (χ3v) is 3.66. The summed E-state index contributed by atoms with van der Waals surface area (Å²) in [6, 6.07) is 0. The van der Waals surface area contributed by atoms with Gasteiger partial charge in [-0.1, -0.05) is 0 Å². The van der Waals surface area contributed by atoms with Crippen LogP contribution in [0.3, 0.4) is 0 Å². The normalized spacial score (nSPS) is 23.9. The Morgan fingerprint density at radius 3 is 2.41 bits per heavy atom. The van der Waals surface area contributed by atoms with E-state index in [-0.39, 0.29) is 18.5 Å². The van der Waals surface area contributed by atoms with Crippen LogP contribution in [0.1, 0.15) is 12.8 Å². The number of halogens is 1. The number of carbonyl (C=O) groups is 1. The van der Waals surface area contributed by atoms with E-state index in [2.05, 4.69) is 4.90 Å². The second-order valence-electron chi connectivity index (χ2n) is 4.74. The third-order valence-electron chi connectivity index (χ3n) is 3.66. The molecular weight excluding hydrogens is 223 g/mol. The minimum absolute atomic E-state index is 0.150. The van der Waals surface area contributed by atoms with Crippen LogP contribution in [0, 0.1) is 5.92 Å². The Bertz CT molecular complexity index is 249. The Morgan fingerprint density at radius 1 is 1.18 bits per heavy atom. The smallest absolute Gasteiger partial charge is 0.225 e. The zero-order valence-corrected chi connectivity index (χ0v) is 10.2. The molecule has 2 fully saturated rings. The first-order chi connectivity index (χ1) is 8.31. The molecule has 2 heterocycles. The molecule has 0 unspecified atom stereocenters. The Labute approximate surface area is 102 Å². The maximum atomic E-state index is 12.2. The molecule has 1 amide bonds. The molecule has 17 heavy (non-hydrogen) atoms. The highest BCUT2D eigenvalue weighted by Crippen LogP contribution is 2.18. The summed E-state index contributed by atoms with van der Waals surface area (Å²) in [4.78, 5) is 16.2. The van der Waals surface area contributed by atoms with Crippen molar-refractivity contribution in [3.05, 3.63) is 0 Å². The van der Waals surface area contributed by atoms with Crippen LogP contribution in [0.2, 0.25) is 0 Å². The highest BCUT2D eigenvalue weighted by atomic mass is 19.1. The minimum atomic E-state index is -0.298. The number of ether oxygens (including phenoxy) is 1. The van der Waals surface area contributed by atoms with Crippen LogP contribution in [0.5, 0.6) is 0 Å². The van der Waals surface area contributed by atoms with Crippen molar-refractivity contribution in [2.45, 2.75) is 12.8 Å². The third kappa shape index (κ3) is 3.39. The van der Waals surface area contributed by atoms with Crippen molar-refractivity contribution < 1.29 is 13.9 Å². The predicted octanol–water partition coefficient (Wildman–Crippen LogP) is 0.527. The SMILES string of the molecule is O=C(C1CCOCC1)N1CCN(CCF)CC1. The van der Waals surface area contributed by atoms with Crippen LogP contribution in [-0.4, -0.2) is 68.3 Å². The lowest BCUT2D eigenvalue weighted by atomic mass is 9.98. The fourth-order valence-corrected chi connectivity index (χ4v) is 2.51.